The molecule has 0 aliphatic rings. The third kappa shape index (κ3) is 2.10. The summed E-state index contributed by atoms with van der Waals surface area (Å²) in [5, 5.41) is 12.8. The molecule has 0 aromatic carbocycles. The van der Waals surface area contributed by atoms with Gasteiger partial charge in [0.05, 0.1) is 23.3 Å². The van der Waals surface area contributed by atoms with Crippen LogP contribution in [0.1, 0.15) is 11.4 Å². The standard InChI is InChI=1S/C10H9N5S/c1-6-2-10(16-15-6)14-8-3-7(12)5-13-9(8)4-11/h2-3,5,14H,12H2,1H3. The topological polar surface area (TPSA) is 87.6 Å². The number of pyridine rings is 1. The summed E-state index contributed by atoms with van der Waals surface area (Å²) >= 11 is 1.33. The van der Waals surface area contributed by atoms with Gasteiger partial charge in [-0.05, 0) is 30.6 Å². The molecule has 2 aromatic heterocycles. The van der Waals surface area contributed by atoms with Crippen LogP contribution >= 0.6 is 11.5 Å². The third-order valence-corrected chi connectivity index (χ3v) is 2.70. The molecule has 80 valence electrons. The predicted octanol–water partition coefficient (Wildman–Crippen LogP) is 2.04. The van der Waals surface area contributed by atoms with E-state index in [1.54, 1.807) is 6.07 Å². The molecule has 16 heavy (non-hydrogen) atoms. The van der Waals surface area contributed by atoms with Crippen molar-refractivity contribution in [3.8, 4) is 6.07 Å². The molecule has 2 heterocycles. The third-order valence-electron chi connectivity index (χ3n) is 1.90. The van der Waals surface area contributed by atoms with Crippen LogP contribution in [-0.2, 0) is 0 Å². The van der Waals surface area contributed by atoms with Gasteiger partial charge in [0.25, 0.3) is 0 Å². The van der Waals surface area contributed by atoms with Crippen molar-refractivity contribution < 1.29 is 0 Å². The largest absolute Gasteiger partial charge is 0.397 e. The maximum Gasteiger partial charge on any atom is 0.164 e. The van der Waals surface area contributed by atoms with Gasteiger partial charge in [-0.15, -0.1) is 0 Å². The summed E-state index contributed by atoms with van der Waals surface area (Å²) in [4.78, 5) is 3.94. The molecule has 0 bridgehead atoms. The lowest BCUT2D eigenvalue weighted by atomic mass is 10.3. The summed E-state index contributed by atoms with van der Waals surface area (Å²) in [7, 11) is 0. The molecule has 0 fully saturated rings. The first-order valence-corrected chi connectivity index (χ1v) is 5.32. The Balaban J connectivity index is 2.34. The highest BCUT2D eigenvalue weighted by molar-refractivity contribution is 7.10. The molecule has 0 atom stereocenters. The highest BCUT2D eigenvalue weighted by Crippen LogP contribution is 2.24. The highest BCUT2D eigenvalue weighted by atomic mass is 32.1. The van der Waals surface area contributed by atoms with Crippen molar-refractivity contribution in [3.63, 3.8) is 0 Å². The van der Waals surface area contributed by atoms with E-state index in [1.165, 1.54) is 17.7 Å². The van der Waals surface area contributed by atoms with Gasteiger partial charge in [-0.2, -0.15) is 9.64 Å². The van der Waals surface area contributed by atoms with Gasteiger partial charge in [-0.25, -0.2) is 4.98 Å². The van der Waals surface area contributed by atoms with Crippen molar-refractivity contribution in [3.05, 3.63) is 29.7 Å². The maximum absolute atomic E-state index is 8.89. The molecule has 0 amide bonds. The van der Waals surface area contributed by atoms with Crippen molar-refractivity contribution in [1.29, 1.82) is 5.26 Å². The molecule has 0 spiro atoms. The lowest BCUT2D eigenvalue weighted by Crippen LogP contribution is -1.96. The molecule has 2 aromatic rings. The van der Waals surface area contributed by atoms with Crippen LogP contribution in [0.15, 0.2) is 18.3 Å². The zero-order chi connectivity index (χ0) is 11.5. The molecule has 3 N–H and O–H groups in total. The Bertz CT molecular complexity index is 555. The molecule has 0 radical (unpaired) electrons. The number of nitrogen functional groups attached to an aromatic ring is 1. The van der Waals surface area contributed by atoms with E-state index in [4.69, 9.17) is 11.0 Å². The van der Waals surface area contributed by atoms with Crippen LogP contribution in [0.3, 0.4) is 0 Å². The molecule has 0 unspecified atom stereocenters. The van der Waals surface area contributed by atoms with Gasteiger partial charge in [-0.1, -0.05) is 0 Å². The molecule has 0 saturated heterocycles. The number of nitrogens with zero attached hydrogens (tertiary/aromatic N) is 3. The highest BCUT2D eigenvalue weighted by Gasteiger charge is 2.06. The summed E-state index contributed by atoms with van der Waals surface area (Å²) in [5.74, 6) is 0. The first-order valence-electron chi connectivity index (χ1n) is 4.55. The predicted molar refractivity (Wildman–Crippen MR) is 63.5 cm³/mol. The summed E-state index contributed by atoms with van der Waals surface area (Å²) < 4.78 is 4.14. The minimum absolute atomic E-state index is 0.320. The van der Waals surface area contributed by atoms with E-state index >= 15 is 0 Å². The Morgan fingerprint density at radius 3 is 2.94 bits per heavy atom. The summed E-state index contributed by atoms with van der Waals surface area (Å²) in [6, 6.07) is 5.58. The number of hydrogen-bond donors (Lipinski definition) is 2. The molecule has 5 nitrogen and oxygen atoms in total. The van der Waals surface area contributed by atoms with Gasteiger partial charge in [0.15, 0.2) is 5.69 Å². The minimum Gasteiger partial charge on any atom is -0.397 e. The van der Waals surface area contributed by atoms with Gasteiger partial charge in [0.2, 0.25) is 0 Å². The Morgan fingerprint density at radius 2 is 2.31 bits per heavy atom. The Morgan fingerprint density at radius 1 is 1.50 bits per heavy atom. The van der Waals surface area contributed by atoms with E-state index in [0.29, 0.717) is 17.1 Å². The fourth-order valence-electron chi connectivity index (χ4n) is 1.22. The summed E-state index contributed by atoms with van der Waals surface area (Å²) in [5.41, 5.74) is 7.99. The second-order valence-electron chi connectivity index (χ2n) is 3.23. The number of nitrogens with one attached hydrogen (secondary N) is 1. The fourth-order valence-corrected chi connectivity index (χ4v) is 1.89. The van der Waals surface area contributed by atoms with E-state index in [0.717, 1.165) is 10.7 Å². The van der Waals surface area contributed by atoms with Crippen molar-refractivity contribution in [2.24, 2.45) is 0 Å². The Kier molecular flexibility index (Phi) is 2.70. The number of aromatic nitrogens is 2. The molecular weight excluding hydrogens is 222 g/mol. The van der Waals surface area contributed by atoms with Crippen LogP contribution in [0.25, 0.3) is 0 Å². The number of nitrogens with two attached hydrogens (primary N) is 1. The van der Waals surface area contributed by atoms with Gasteiger partial charge in [0.1, 0.15) is 11.1 Å². The number of hydrogen-bond acceptors (Lipinski definition) is 6. The first kappa shape index (κ1) is 10.4. The van der Waals surface area contributed by atoms with Crippen molar-refractivity contribution >= 4 is 27.9 Å². The molecule has 0 saturated carbocycles. The van der Waals surface area contributed by atoms with Gasteiger partial charge >= 0.3 is 0 Å². The van der Waals surface area contributed by atoms with Crippen molar-refractivity contribution in [1.82, 2.24) is 9.36 Å². The normalized spacial score (nSPS) is 9.75. The van der Waals surface area contributed by atoms with E-state index in [1.807, 2.05) is 19.1 Å². The van der Waals surface area contributed by atoms with E-state index in [9.17, 15) is 0 Å². The van der Waals surface area contributed by atoms with Crippen LogP contribution < -0.4 is 11.1 Å². The average Bonchev–Trinajstić information content (AvgIpc) is 2.64. The molecule has 0 aliphatic heterocycles. The number of nitriles is 1. The molecule has 6 heteroatoms. The number of anilines is 3. The fraction of sp³-hybridized carbons (Fsp3) is 0.100. The summed E-state index contributed by atoms with van der Waals surface area (Å²) in [6.07, 6.45) is 1.46. The quantitative estimate of drug-likeness (QED) is 0.825. The van der Waals surface area contributed by atoms with Crippen LogP contribution in [0.2, 0.25) is 0 Å². The van der Waals surface area contributed by atoms with Gasteiger partial charge in [0, 0.05) is 0 Å². The number of aryl methyl sites for hydroxylation is 1. The lowest BCUT2D eigenvalue weighted by Gasteiger charge is -2.04. The number of rotatable bonds is 2. The second kappa shape index (κ2) is 4.16. The zero-order valence-corrected chi connectivity index (χ0v) is 9.38. The summed E-state index contributed by atoms with van der Waals surface area (Å²) in [6.45, 7) is 1.91. The lowest BCUT2D eigenvalue weighted by molar-refractivity contribution is 1.26. The molecule has 2 rings (SSSR count). The Labute approximate surface area is 96.7 Å². The monoisotopic (exact) mass is 231 g/mol. The zero-order valence-electron chi connectivity index (χ0n) is 8.56. The van der Waals surface area contributed by atoms with Crippen LogP contribution in [0.5, 0.6) is 0 Å². The van der Waals surface area contributed by atoms with Crippen molar-refractivity contribution in [2.45, 2.75) is 6.92 Å². The Hall–Kier alpha value is -2.13. The van der Waals surface area contributed by atoms with Gasteiger partial charge < -0.3 is 11.1 Å². The minimum atomic E-state index is 0.320. The first-order chi connectivity index (χ1) is 7.69. The van der Waals surface area contributed by atoms with E-state index in [-0.39, 0.29) is 0 Å². The van der Waals surface area contributed by atoms with E-state index in [2.05, 4.69) is 14.7 Å². The second-order valence-corrected chi connectivity index (χ2v) is 4.04. The molecular formula is C10H9N5S. The molecule has 0 aliphatic carbocycles. The van der Waals surface area contributed by atoms with E-state index < -0.39 is 0 Å². The maximum atomic E-state index is 8.89. The van der Waals surface area contributed by atoms with Crippen molar-refractivity contribution in [2.75, 3.05) is 11.1 Å². The van der Waals surface area contributed by atoms with Gasteiger partial charge in [-0.3, -0.25) is 0 Å². The van der Waals surface area contributed by atoms with Crippen LogP contribution in [0, 0.1) is 18.3 Å². The van der Waals surface area contributed by atoms with Crippen LogP contribution in [-0.4, -0.2) is 9.36 Å². The SMILES string of the molecule is Cc1cc(Nc2cc(N)cnc2C#N)sn1. The van der Waals surface area contributed by atoms with Crippen LogP contribution in [0.4, 0.5) is 16.4 Å². The average molecular weight is 231 g/mol. The smallest absolute Gasteiger partial charge is 0.164 e.